The van der Waals surface area contributed by atoms with Crippen LogP contribution < -0.4 is 16.0 Å². The summed E-state index contributed by atoms with van der Waals surface area (Å²) in [6, 6.07) is 8.71. The Labute approximate surface area is 227 Å². The van der Waals surface area contributed by atoms with E-state index in [0.717, 1.165) is 18.4 Å². The quantitative estimate of drug-likeness (QED) is 0.342. The molecule has 0 bridgehead atoms. The molecule has 4 N–H and O–H groups in total. The maximum Gasteiger partial charge on any atom is 0.237 e. The number of fused-ring (bicyclic) bond motifs is 2. The van der Waals surface area contributed by atoms with E-state index in [-0.39, 0.29) is 28.9 Å². The van der Waals surface area contributed by atoms with Crippen LogP contribution in [0.5, 0.6) is 0 Å². The summed E-state index contributed by atoms with van der Waals surface area (Å²) in [5.74, 6) is -1.81. The van der Waals surface area contributed by atoms with Crippen LogP contribution in [0.4, 0.5) is 10.1 Å². The molecule has 9 heteroatoms. The fourth-order valence-corrected chi connectivity index (χ4v) is 6.23. The minimum atomic E-state index is -1.27. The second-order valence-electron chi connectivity index (χ2n) is 11.2. The van der Waals surface area contributed by atoms with E-state index in [1.807, 2.05) is 6.07 Å². The molecule has 2 aliphatic heterocycles. The number of halogens is 3. The van der Waals surface area contributed by atoms with Gasteiger partial charge < -0.3 is 21.1 Å². The van der Waals surface area contributed by atoms with Crippen LogP contribution in [-0.4, -0.2) is 42.2 Å². The second kappa shape index (κ2) is 10.9. The van der Waals surface area contributed by atoms with Gasteiger partial charge >= 0.3 is 0 Å². The van der Waals surface area contributed by atoms with E-state index in [0.29, 0.717) is 35.7 Å². The minimum absolute atomic E-state index is 0.0779. The standard InChI is InChI=1S/C28H34Cl2FN3O3/c1-27(2,3)15-22-28(18-13-20(31)19(30)14-21(18)33-26(28)37)23(16-8-7-9-17(29)12-16)24(34-22)25(36)32-10-5-4-6-11-35/h7-9,12-14,22-24,34-35H,4-6,10-11,15H2,1-3H3,(H,32,36)(H,33,37)/t22-,23+,24-,28+/m1/s1. The van der Waals surface area contributed by atoms with Gasteiger partial charge in [0.15, 0.2) is 0 Å². The monoisotopic (exact) mass is 549 g/mol. The van der Waals surface area contributed by atoms with Gasteiger partial charge in [0.05, 0.1) is 11.1 Å². The Morgan fingerprint density at radius 3 is 2.59 bits per heavy atom. The molecule has 0 saturated carbocycles. The van der Waals surface area contributed by atoms with Crippen LogP contribution in [0.1, 0.15) is 63.5 Å². The Balaban J connectivity index is 1.86. The van der Waals surface area contributed by atoms with Crippen molar-refractivity contribution in [1.82, 2.24) is 10.6 Å². The number of nitrogens with one attached hydrogen (secondary N) is 3. The number of anilines is 1. The van der Waals surface area contributed by atoms with Gasteiger partial charge in [0, 0.05) is 35.8 Å². The Morgan fingerprint density at radius 1 is 1.16 bits per heavy atom. The van der Waals surface area contributed by atoms with E-state index in [4.69, 9.17) is 28.3 Å². The van der Waals surface area contributed by atoms with Crippen molar-refractivity contribution in [2.75, 3.05) is 18.5 Å². The highest BCUT2D eigenvalue weighted by Crippen LogP contribution is 2.57. The Bertz CT molecular complexity index is 1190. The number of amides is 2. The molecule has 2 amide bonds. The molecule has 0 unspecified atom stereocenters. The molecule has 6 nitrogen and oxygen atoms in total. The summed E-state index contributed by atoms with van der Waals surface area (Å²) < 4.78 is 14.9. The highest BCUT2D eigenvalue weighted by Gasteiger charge is 2.65. The predicted octanol–water partition coefficient (Wildman–Crippen LogP) is 5.16. The summed E-state index contributed by atoms with van der Waals surface area (Å²) in [6.45, 7) is 6.77. The van der Waals surface area contributed by atoms with Gasteiger partial charge in [-0.25, -0.2) is 4.39 Å². The third-order valence-electron chi connectivity index (χ3n) is 7.33. The van der Waals surface area contributed by atoms with Crippen molar-refractivity contribution < 1.29 is 19.1 Å². The van der Waals surface area contributed by atoms with E-state index < -0.39 is 29.2 Å². The molecule has 4 atom stereocenters. The summed E-state index contributed by atoms with van der Waals surface area (Å²) in [6.07, 6.45) is 2.75. The first-order chi connectivity index (χ1) is 17.5. The summed E-state index contributed by atoms with van der Waals surface area (Å²) >= 11 is 12.5. The van der Waals surface area contributed by atoms with Crippen LogP contribution in [0.3, 0.4) is 0 Å². The number of rotatable bonds is 8. The van der Waals surface area contributed by atoms with Gasteiger partial charge in [0.25, 0.3) is 0 Å². The van der Waals surface area contributed by atoms with Gasteiger partial charge in [-0.15, -0.1) is 0 Å². The molecule has 1 fully saturated rings. The SMILES string of the molecule is CC(C)(C)C[C@H]1N[C@@H](C(=O)NCCCCCO)[C@H](c2cccc(Cl)c2)[C@@]12C(=O)Nc1cc(Cl)c(F)cc12. The van der Waals surface area contributed by atoms with Crippen molar-refractivity contribution in [3.63, 3.8) is 0 Å². The molecule has 2 aliphatic rings. The molecule has 0 aliphatic carbocycles. The van der Waals surface area contributed by atoms with Gasteiger partial charge in [-0.2, -0.15) is 0 Å². The third-order valence-corrected chi connectivity index (χ3v) is 7.85. The van der Waals surface area contributed by atoms with Crippen molar-refractivity contribution in [3.05, 3.63) is 63.4 Å². The molecule has 0 radical (unpaired) electrons. The number of hydrogen-bond acceptors (Lipinski definition) is 4. The first kappa shape index (κ1) is 27.8. The molecule has 2 aromatic carbocycles. The van der Waals surface area contributed by atoms with Crippen LogP contribution in [0.15, 0.2) is 36.4 Å². The Morgan fingerprint density at radius 2 is 1.92 bits per heavy atom. The Hall–Kier alpha value is -2.19. The Kier molecular flexibility index (Phi) is 8.19. The van der Waals surface area contributed by atoms with E-state index in [9.17, 15) is 14.0 Å². The van der Waals surface area contributed by atoms with Crippen LogP contribution in [0, 0.1) is 11.2 Å². The average Bonchev–Trinajstić information content (AvgIpc) is 3.28. The van der Waals surface area contributed by atoms with Gasteiger partial charge in [0.1, 0.15) is 11.2 Å². The lowest BCUT2D eigenvalue weighted by Crippen LogP contribution is -2.49. The summed E-state index contributed by atoms with van der Waals surface area (Å²) in [7, 11) is 0. The fourth-order valence-electron chi connectivity index (χ4n) is 5.87. The maximum absolute atomic E-state index is 14.9. The van der Waals surface area contributed by atoms with Crippen molar-refractivity contribution in [1.29, 1.82) is 0 Å². The molecule has 37 heavy (non-hydrogen) atoms. The molecule has 0 aromatic heterocycles. The van der Waals surface area contributed by atoms with Crippen molar-refractivity contribution in [2.24, 2.45) is 5.41 Å². The normalized spacial score (nSPS) is 24.8. The lowest BCUT2D eigenvalue weighted by Gasteiger charge is -2.37. The fraction of sp³-hybridized carbons (Fsp3) is 0.500. The number of aliphatic hydroxyl groups excluding tert-OH is 1. The van der Waals surface area contributed by atoms with Crippen LogP contribution in [0.25, 0.3) is 0 Å². The molecule has 4 rings (SSSR count). The van der Waals surface area contributed by atoms with Crippen molar-refractivity contribution in [3.8, 4) is 0 Å². The zero-order valence-corrected chi connectivity index (χ0v) is 22.8. The molecular weight excluding hydrogens is 516 g/mol. The third kappa shape index (κ3) is 5.37. The van der Waals surface area contributed by atoms with E-state index in [1.165, 1.54) is 12.1 Å². The van der Waals surface area contributed by atoms with Gasteiger partial charge in [0.2, 0.25) is 11.8 Å². The first-order valence-electron chi connectivity index (χ1n) is 12.7. The van der Waals surface area contributed by atoms with E-state index in [1.54, 1.807) is 18.2 Å². The highest BCUT2D eigenvalue weighted by molar-refractivity contribution is 6.31. The predicted molar refractivity (Wildman–Crippen MR) is 145 cm³/mol. The summed E-state index contributed by atoms with van der Waals surface area (Å²) in [5.41, 5.74) is 0.193. The minimum Gasteiger partial charge on any atom is -0.396 e. The lowest BCUT2D eigenvalue weighted by molar-refractivity contribution is -0.123. The van der Waals surface area contributed by atoms with E-state index in [2.05, 4.69) is 36.7 Å². The smallest absolute Gasteiger partial charge is 0.237 e. The number of hydrogen-bond donors (Lipinski definition) is 4. The van der Waals surface area contributed by atoms with Crippen LogP contribution in [-0.2, 0) is 15.0 Å². The van der Waals surface area contributed by atoms with Gasteiger partial charge in [-0.3, -0.25) is 9.59 Å². The van der Waals surface area contributed by atoms with Crippen molar-refractivity contribution in [2.45, 2.75) is 69.9 Å². The number of benzene rings is 2. The van der Waals surface area contributed by atoms with Crippen LogP contribution in [0.2, 0.25) is 10.0 Å². The molecular formula is C28H34Cl2FN3O3. The van der Waals surface area contributed by atoms with Gasteiger partial charge in [-0.1, -0.05) is 56.1 Å². The number of carbonyl (C=O) groups excluding carboxylic acids is 2. The summed E-state index contributed by atoms with van der Waals surface area (Å²) in [4.78, 5) is 27.7. The van der Waals surface area contributed by atoms with Gasteiger partial charge in [-0.05, 0) is 66.5 Å². The molecule has 1 spiro atoms. The second-order valence-corrected chi connectivity index (χ2v) is 12.0. The maximum atomic E-state index is 14.9. The van der Waals surface area contributed by atoms with E-state index >= 15 is 0 Å². The van der Waals surface area contributed by atoms with Crippen molar-refractivity contribution >= 4 is 40.7 Å². The van der Waals surface area contributed by atoms with Crippen LogP contribution >= 0.6 is 23.2 Å². The molecule has 2 aromatic rings. The lowest BCUT2D eigenvalue weighted by atomic mass is 9.62. The number of unbranched alkanes of at least 4 members (excludes halogenated alkanes) is 2. The molecule has 2 heterocycles. The number of carbonyl (C=O) groups is 2. The topological polar surface area (TPSA) is 90.5 Å². The first-order valence-corrected chi connectivity index (χ1v) is 13.5. The average molecular weight is 551 g/mol. The summed E-state index contributed by atoms with van der Waals surface area (Å²) in [5, 5.41) is 18.9. The number of aliphatic hydroxyl groups is 1. The molecule has 200 valence electrons. The molecule has 1 saturated heterocycles. The largest absolute Gasteiger partial charge is 0.396 e. The zero-order valence-electron chi connectivity index (χ0n) is 21.3. The zero-order chi connectivity index (χ0) is 27.0. The highest BCUT2D eigenvalue weighted by atomic mass is 35.5.